The Morgan fingerprint density at radius 3 is 2.47 bits per heavy atom. The third-order valence-corrected chi connectivity index (χ3v) is 6.27. The Balaban J connectivity index is 1.86. The first-order chi connectivity index (χ1) is 15.2. The van der Waals surface area contributed by atoms with Gasteiger partial charge in [-0.15, -0.1) is 0 Å². The first-order valence-corrected chi connectivity index (χ1v) is 11.1. The van der Waals surface area contributed by atoms with Gasteiger partial charge in [0.2, 0.25) is 0 Å². The second-order valence-electron chi connectivity index (χ2n) is 6.29. The predicted octanol–water partition coefficient (Wildman–Crippen LogP) is 5.16. The smallest absolute Gasteiger partial charge is 0.295 e. The molecule has 9 nitrogen and oxygen atoms in total. The number of nitrogens with one attached hydrogen (secondary N) is 2. The molecule has 0 radical (unpaired) electrons. The number of benzene rings is 3. The molecular formula is C20H16Cl2N4O5S. The number of nitro benzene ring substituents is 1. The highest BCUT2D eigenvalue weighted by atomic mass is 35.5. The van der Waals surface area contributed by atoms with Crippen LogP contribution in [0, 0.1) is 10.1 Å². The van der Waals surface area contributed by atoms with Gasteiger partial charge in [-0.05, 0) is 42.0 Å². The number of ether oxygens (including phenoxy) is 1. The van der Waals surface area contributed by atoms with Gasteiger partial charge < -0.3 is 4.74 Å². The lowest BCUT2D eigenvalue weighted by atomic mass is 10.2. The topological polar surface area (TPSA) is 123 Å². The zero-order valence-electron chi connectivity index (χ0n) is 16.5. The van der Waals surface area contributed by atoms with E-state index >= 15 is 0 Å². The van der Waals surface area contributed by atoms with Crippen molar-refractivity contribution in [1.29, 1.82) is 0 Å². The summed E-state index contributed by atoms with van der Waals surface area (Å²) >= 11 is 11.8. The molecule has 2 N–H and O–H groups in total. The molecule has 0 spiro atoms. The summed E-state index contributed by atoms with van der Waals surface area (Å²) in [6.45, 7) is 0. The third-order valence-electron chi connectivity index (χ3n) is 4.17. The second-order valence-corrected chi connectivity index (χ2v) is 8.78. The first-order valence-electron chi connectivity index (χ1n) is 8.89. The number of nitro groups is 1. The summed E-state index contributed by atoms with van der Waals surface area (Å²) in [4.78, 5) is 10.5. The molecule has 0 saturated carbocycles. The minimum absolute atomic E-state index is 0.00236. The van der Waals surface area contributed by atoms with Crippen molar-refractivity contribution in [2.24, 2.45) is 5.10 Å². The van der Waals surface area contributed by atoms with Crippen molar-refractivity contribution in [2.45, 2.75) is 4.90 Å². The Hall–Kier alpha value is -3.34. The van der Waals surface area contributed by atoms with Gasteiger partial charge in [-0.3, -0.25) is 20.3 Å². The van der Waals surface area contributed by atoms with Crippen LogP contribution in [0.25, 0.3) is 0 Å². The van der Waals surface area contributed by atoms with Crippen LogP contribution in [0.2, 0.25) is 10.0 Å². The van der Waals surface area contributed by atoms with Crippen molar-refractivity contribution in [3.63, 3.8) is 0 Å². The molecule has 0 bridgehead atoms. The van der Waals surface area contributed by atoms with Crippen molar-refractivity contribution < 1.29 is 18.1 Å². The SMILES string of the molecule is COc1ccccc1NS(=O)(=O)c1ccc(N/N=C/c2ccc(Cl)c(Cl)c2)c([N+](=O)[O-])c1. The largest absolute Gasteiger partial charge is 0.495 e. The van der Waals surface area contributed by atoms with Gasteiger partial charge in [-0.2, -0.15) is 5.10 Å². The van der Waals surface area contributed by atoms with E-state index in [0.29, 0.717) is 21.4 Å². The number of para-hydroxylation sites is 2. The predicted molar refractivity (Wildman–Crippen MR) is 125 cm³/mol. The summed E-state index contributed by atoms with van der Waals surface area (Å²) in [6.07, 6.45) is 1.39. The van der Waals surface area contributed by atoms with Crippen LogP contribution in [0.4, 0.5) is 17.1 Å². The fourth-order valence-corrected chi connectivity index (χ4v) is 4.02. The van der Waals surface area contributed by atoms with Crippen LogP contribution in [0.1, 0.15) is 5.56 Å². The Kier molecular flexibility index (Phi) is 7.18. The van der Waals surface area contributed by atoms with Gasteiger partial charge in [-0.25, -0.2) is 8.42 Å². The zero-order valence-corrected chi connectivity index (χ0v) is 18.8. The average Bonchev–Trinajstić information content (AvgIpc) is 2.76. The Morgan fingerprint density at radius 1 is 1.03 bits per heavy atom. The molecule has 3 rings (SSSR count). The molecule has 0 saturated heterocycles. The maximum Gasteiger partial charge on any atom is 0.295 e. The van der Waals surface area contributed by atoms with Crippen LogP contribution in [-0.4, -0.2) is 26.7 Å². The van der Waals surface area contributed by atoms with E-state index in [2.05, 4.69) is 15.2 Å². The molecule has 166 valence electrons. The van der Waals surface area contributed by atoms with Crippen molar-refractivity contribution in [3.8, 4) is 5.75 Å². The lowest BCUT2D eigenvalue weighted by Gasteiger charge is -2.12. The summed E-state index contributed by atoms with van der Waals surface area (Å²) < 4.78 is 33.0. The molecule has 0 fully saturated rings. The minimum atomic E-state index is -4.12. The molecule has 12 heteroatoms. The van der Waals surface area contributed by atoms with E-state index < -0.39 is 20.6 Å². The summed E-state index contributed by atoms with van der Waals surface area (Å²) in [7, 11) is -2.72. The van der Waals surface area contributed by atoms with Crippen molar-refractivity contribution in [3.05, 3.63) is 86.4 Å². The Bertz CT molecular complexity index is 1300. The summed E-state index contributed by atoms with van der Waals surface area (Å²) in [5.74, 6) is 0.306. The maximum atomic E-state index is 12.8. The van der Waals surface area contributed by atoms with Gasteiger partial charge in [0.15, 0.2) is 0 Å². The average molecular weight is 495 g/mol. The van der Waals surface area contributed by atoms with E-state index in [4.69, 9.17) is 27.9 Å². The molecule has 0 heterocycles. The van der Waals surface area contributed by atoms with E-state index in [1.165, 1.54) is 31.5 Å². The number of halogens is 2. The number of methoxy groups -OCH3 is 1. The standard InChI is InChI=1S/C20H16Cl2N4O5S/c1-31-20-5-3-2-4-18(20)25-32(29,30)14-7-9-17(19(11-14)26(27)28)24-23-12-13-6-8-15(21)16(22)10-13/h2-12,24-25H,1H3/b23-12+. The number of hydrazone groups is 1. The maximum absolute atomic E-state index is 12.8. The van der Waals surface area contributed by atoms with Crippen LogP contribution >= 0.6 is 23.2 Å². The molecule has 0 amide bonds. The zero-order chi connectivity index (χ0) is 23.3. The Labute approximate surface area is 193 Å². The van der Waals surface area contributed by atoms with E-state index in [1.807, 2.05) is 0 Å². The highest BCUT2D eigenvalue weighted by Gasteiger charge is 2.22. The molecule has 0 aliphatic heterocycles. The van der Waals surface area contributed by atoms with E-state index in [-0.39, 0.29) is 16.3 Å². The summed E-state index contributed by atoms with van der Waals surface area (Å²) in [5, 5.41) is 16.2. The van der Waals surface area contributed by atoms with Gasteiger partial charge in [0.1, 0.15) is 11.4 Å². The number of sulfonamides is 1. The fourth-order valence-electron chi connectivity index (χ4n) is 2.63. The van der Waals surface area contributed by atoms with Crippen LogP contribution in [0.3, 0.4) is 0 Å². The second kappa shape index (κ2) is 9.86. The molecule has 0 aromatic heterocycles. The summed E-state index contributed by atoms with van der Waals surface area (Å²) in [6, 6.07) is 14.6. The fraction of sp³-hybridized carbons (Fsp3) is 0.0500. The van der Waals surface area contributed by atoms with E-state index in [1.54, 1.807) is 36.4 Å². The molecule has 3 aromatic carbocycles. The van der Waals surface area contributed by atoms with Crippen molar-refractivity contribution >= 4 is 56.5 Å². The lowest BCUT2D eigenvalue weighted by Crippen LogP contribution is -2.14. The van der Waals surface area contributed by atoms with E-state index in [9.17, 15) is 18.5 Å². The molecular weight excluding hydrogens is 479 g/mol. The van der Waals surface area contributed by atoms with Gasteiger partial charge in [0.25, 0.3) is 15.7 Å². The first kappa shape index (κ1) is 23.3. The van der Waals surface area contributed by atoms with Crippen LogP contribution in [-0.2, 0) is 10.0 Å². The molecule has 0 unspecified atom stereocenters. The number of hydrogen-bond donors (Lipinski definition) is 2. The number of hydrogen-bond acceptors (Lipinski definition) is 7. The number of anilines is 2. The van der Waals surface area contributed by atoms with Gasteiger partial charge in [-0.1, -0.05) is 41.4 Å². The van der Waals surface area contributed by atoms with Crippen molar-refractivity contribution in [1.82, 2.24) is 0 Å². The molecule has 32 heavy (non-hydrogen) atoms. The highest BCUT2D eigenvalue weighted by molar-refractivity contribution is 7.92. The van der Waals surface area contributed by atoms with Crippen LogP contribution in [0.5, 0.6) is 5.75 Å². The summed E-state index contributed by atoms with van der Waals surface area (Å²) in [5.41, 5.74) is 2.88. The molecule has 3 aromatic rings. The van der Waals surface area contributed by atoms with E-state index in [0.717, 1.165) is 6.07 Å². The Morgan fingerprint density at radius 2 is 1.78 bits per heavy atom. The van der Waals surface area contributed by atoms with Gasteiger partial charge in [0.05, 0.1) is 38.9 Å². The quantitative estimate of drug-likeness (QED) is 0.253. The minimum Gasteiger partial charge on any atom is -0.495 e. The van der Waals surface area contributed by atoms with Gasteiger partial charge >= 0.3 is 0 Å². The number of rotatable bonds is 8. The highest BCUT2D eigenvalue weighted by Crippen LogP contribution is 2.30. The molecule has 0 aliphatic rings. The monoisotopic (exact) mass is 494 g/mol. The third kappa shape index (κ3) is 5.47. The normalized spacial score (nSPS) is 11.3. The lowest BCUT2D eigenvalue weighted by molar-refractivity contribution is -0.384. The van der Waals surface area contributed by atoms with Gasteiger partial charge in [0, 0.05) is 6.07 Å². The van der Waals surface area contributed by atoms with Crippen LogP contribution in [0.15, 0.2) is 70.7 Å². The van der Waals surface area contributed by atoms with Crippen molar-refractivity contribution in [2.75, 3.05) is 17.3 Å². The molecule has 0 aliphatic carbocycles. The van der Waals surface area contributed by atoms with Crippen LogP contribution < -0.4 is 14.9 Å². The number of nitrogens with zero attached hydrogens (tertiary/aromatic N) is 2. The molecule has 0 atom stereocenters.